The molecule has 4 nitrogen and oxygen atoms in total. The van der Waals surface area contributed by atoms with E-state index in [1.807, 2.05) is 24.3 Å². The van der Waals surface area contributed by atoms with Crippen LogP contribution < -0.4 is 4.74 Å². The van der Waals surface area contributed by atoms with E-state index in [2.05, 4.69) is 31.0 Å². The number of hydrogen-bond donors (Lipinski definition) is 0. The summed E-state index contributed by atoms with van der Waals surface area (Å²) in [6.07, 6.45) is 2.02. The van der Waals surface area contributed by atoms with Gasteiger partial charge in [-0.3, -0.25) is 0 Å². The molecule has 0 unspecified atom stereocenters. The highest BCUT2D eigenvalue weighted by Crippen LogP contribution is 2.24. The van der Waals surface area contributed by atoms with Crippen LogP contribution in [0.5, 0.6) is 5.75 Å². The van der Waals surface area contributed by atoms with Crippen molar-refractivity contribution in [2.24, 2.45) is 0 Å². The van der Waals surface area contributed by atoms with Gasteiger partial charge in [0, 0.05) is 5.56 Å². The van der Waals surface area contributed by atoms with Crippen LogP contribution in [0.1, 0.15) is 38.9 Å². The van der Waals surface area contributed by atoms with Gasteiger partial charge in [-0.05, 0) is 44.5 Å². The molecule has 0 aliphatic carbocycles. The lowest BCUT2D eigenvalue weighted by Crippen LogP contribution is -2.05. The molecule has 0 atom stereocenters. The van der Waals surface area contributed by atoms with Crippen LogP contribution >= 0.6 is 0 Å². The maximum absolute atomic E-state index is 5.18. The minimum Gasteiger partial charge on any atom is -0.497 e. The summed E-state index contributed by atoms with van der Waals surface area (Å²) < 4.78 is 5.18. The van der Waals surface area contributed by atoms with Gasteiger partial charge in [0.1, 0.15) is 11.4 Å². The Balaban J connectivity index is 2.40. The first kappa shape index (κ1) is 13.6. The van der Waals surface area contributed by atoms with Crippen LogP contribution in [0.25, 0.3) is 11.3 Å². The summed E-state index contributed by atoms with van der Waals surface area (Å²) in [5.74, 6) is 0.858. The molecule has 0 fully saturated rings. The first-order valence-corrected chi connectivity index (χ1v) is 6.75. The van der Waals surface area contributed by atoms with Crippen LogP contribution in [0.2, 0.25) is 0 Å². The Morgan fingerprint density at radius 3 is 2.37 bits per heavy atom. The van der Waals surface area contributed by atoms with Crippen LogP contribution in [-0.4, -0.2) is 22.1 Å². The van der Waals surface area contributed by atoms with Gasteiger partial charge in [-0.2, -0.15) is 15.0 Å². The lowest BCUT2D eigenvalue weighted by Gasteiger charge is -2.02. The summed E-state index contributed by atoms with van der Waals surface area (Å²) in [6, 6.07) is 8.26. The fourth-order valence-electron chi connectivity index (χ4n) is 1.96. The van der Waals surface area contributed by atoms with Gasteiger partial charge in [-0.1, -0.05) is 13.3 Å². The predicted octanol–water partition coefficient (Wildman–Crippen LogP) is 3.49. The lowest BCUT2D eigenvalue weighted by atomic mass is 10.1. The number of nitrogens with zero attached hydrogens (tertiary/aromatic N) is 3. The largest absolute Gasteiger partial charge is 0.497 e. The second kappa shape index (κ2) is 5.87. The van der Waals surface area contributed by atoms with Crippen LogP contribution in [-0.2, 0) is 6.42 Å². The molecule has 4 heteroatoms. The summed E-state index contributed by atoms with van der Waals surface area (Å²) in [5.41, 5.74) is 3.15. The van der Waals surface area contributed by atoms with Gasteiger partial charge in [0.25, 0.3) is 0 Å². The number of aromatic nitrogens is 3. The maximum Gasteiger partial charge on any atom is 0.118 e. The molecule has 0 aliphatic heterocycles. The number of aryl methyl sites for hydroxylation is 1. The van der Waals surface area contributed by atoms with Gasteiger partial charge >= 0.3 is 0 Å². The van der Waals surface area contributed by atoms with Gasteiger partial charge in [0.15, 0.2) is 0 Å². The number of benzene rings is 1. The number of hydrogen-bond acceptors (Lipinski definition) is 3. The van der Waals surface area contributed by atoms with Crippen molar-refractivity contribution in [2.45, 2.75) is 39.7 Å². The fraction of sp³-hybridized carbons (Fsp3) is 0.467. The van der Waals surface area contributed by atoms with Crippen LogP contribution in [0.4, 0.5) is 0 Å². The Labute approximate surface area is 114 Å². The zero-order chi connectivity index (χ0) is 13.8. The van der Waals surface area contributed by atoms with E-state index in [-0.39, 0.29) is 6.04 Å². The minimum atomic E-state index is 0.280. The van der Waals surface area contributed by atoms with Crippen molar-refractivity contribution in [3.05, 3.63) is 30.0 Å². The Hall–Kier alpha value is -1.84. The van der Waals surface area contributed by atoms with Gasteiger partial charge in [0.2, 0.25) is 0 Å². The Morgan fingerprint density at radius 2 is 1.84 bits per heavy atom. The van der Waals surface area contributed by atoms with Gasteiger partial charge in [-0.25, -0.2) is 0 Å². The smallest absolute Gasteiger partial charge is 0.118 e. The van der Waals surface area contributed by atoms with E-state index in [1.54, 1.807) is 11.9 Å². The van der Waals surface area contributed by atoms with Crippen molar-refractivity contribution in [3.63, 3.8) is 0 Å². The van der Waals surface area contributed by atoms with Crippen LogP contribution in [0.3, 0.4) is 0 Å². The molecular formula is C15H21N3O. The highest BCUT2D eigenvalue weighted by molar-refractivity contribution is 5.62. The van der Waals surface area contributed by atoms with Crippen molar-refractivity contribution in [2.75, 3.05) is 7.11 Å². The standard InChI is InChI=1S/C15H21N3O/c1-5-6-14-15(17-18(16-14)11(2)3)12-7-9-13(19-4)10-8-12/h7-11H,5-6H2,1-4H3. The zero-order valence-corrected chi connectivity index (χ0v) is 12.1. The molecular weight excluding hydrogens is 238 g/mol. The minimum absolute atomic E-state index is 0.280. The fourth-order valence-corrected chi connectivity index (χ4v) is 1.96. The average Bonchev–Trinajstić information content (AvgIpc) is 2.84. The summed E-state index contributed by atoms with van der Waals surface area (Å²) in [6.45, 7) is 6.34. The molecule has 0 N–H and O–H groups in total. The monoisotopic (exact) mass is 259 g/mol. The molecule has 0 aliphatic rings. The highest BCUT2D eigenvalue weighted by atomic mass is 16.5. The van der Waals surface area contributed by atoms with Crippen molar-refractivity contribution in [1.82, 2.24) is 15.0 Å². The van der Waals surface area contributed by atoms with Crippen molar-refractivity contribution >= 4 is 0 Å². The Kier molecular flexibility index (Phi) is 4.20. The molecule has 102 valence electrons. The molecule has 1 aromatic carbocycles. The molecule has 0 amide bonds. The van der Waals surface area contributed by atoms with Crippen molar-refractivity contribution in [1.29, 1.82) is 0 Å². The van der Waals surface area contributed by atoms with Crippen molar-refractivity contribution < 1.29 is 4.74 Å². The Morgan fingerprint density at radius 1 is 1.16 bits per heavy atom. The molecule has 1 aromatic heterocycles. The van der Waals surface area contributed by atoms with E-state index in [0.717, 1.165) is 35.5 Å². The third-order valence-electron chi connectivity index (χ3n) is 3.01. The van der Waals surface area contributed by atoms with E-state index in [9.17, 15) is 0 Å². The Bertz CT molecular complexity index is 529. The summed E-state index contributed by atoms with van der Waals surface area (Å²) in [7, 11) is 1.67. The van der Waals surface area contributed by atoms with E-state index < -0.39 is 0 Å². The number of methoxy groups -OCH3 is 1. The lowest BCUT2D eigenvalue weighted by molar-refractivity contribution is 0.415. The van der Waals surface area contributed by atoms with Gasteiger partial charge in [-0.15, -0.1) is 0 Å². The molecule has 2 rings (SSSR count). The second-order valence-electron chi connectivity index (χ2n) is 4.89. The molecule has 0 bridgehead atoms. The van der Waals surface area contributed by atoms with Crippen molar-refractivity contribution in [3.8, 4) is 17.0 Å². The van der Waals surface area contributed by atoms with E-state index in [0.29, 0.717) is 0 Å². The molecule has 1 heterocycles. The van der Waals surface area contributed by atoms with Gasteiger partial charge < -0.3 is 4.74 Å². The topological polar surface area (TPSA) is 39.9 Å². The number of rotatable bonds is 5. The van der Waals surface area contributed by atoms with Gasteiger partial charge in [0.05, 0.1) is 18.8 Å². The summed E-state index contributed by atoms with van der Waals surface area (Å²) in [4.78, 5) is 1.80. The molecule has 0 spiro atoms. The first-order valence-electron chi connectivity index (χ1n) is 6.75. The van der Waals surface area contributed by atoms with E-state index in [4.69, 9.17) is 4.74 Å². The second-order valence-corrected chi connectivity index (χ2v) is 4.89. The maximum atomic E-state index is 5.18. The highest BCUT2D eigenvalue weighted by Gasteiger charge is 2.13. The van der Waals surface area contributed by atoms with E-state index >= 15 is 0 Å². The normalized spacial score (nSPS) is 11.0. The third-order valence-corrected chi connectivity index (χ3v) is 3.01. The predicted molar refractivity (Wildman–Crippen MR) is 76.4 cm³/mol. The molecule has 19 heavy (non-hydrogen) atoms. The molecule has 0 radical (unpaired) electrons. The van der Waals surface area contributed by atoms with E-state index in [1.165, 1.54) is 0 Å². The molecule has 2 aromatic rings. The molecule has 0 saturated heterocycles. The summed E-state index contributed by atoms with van der Waals surface area (Å²) >= 11 is 0. The molecule has 0 saturated carbocycles. The summed E-state index contributed by atoms with van der Waals surface area (Å²) in [5, 5.41) is 9.21. The van der Waals surface area contributed by atoms with Crippen LogP contribution in [0, 0.1) is 0 Å². The quantitative estimate of drug-likeness (QED) is 0.825. The third kappa shape index (κ3) is 2.95. The SMILES string of the molecule is CCCc1nn(C(C)C)nc1-c1ccc(OC)cc1. The zero-order valence-electron chi connectivity index (χ0n) is 12.1. The number of ether oxygens (including phenoxy) is 1. The average molecular weight is 259 g/mol. The van der Waals surface area contributed by atoms with Crippen LogP contribution in [0.15, 0.2) is 24.3 Å². The first-order chi connectivity index (χ1) is 9.15.